The van der Waals surface area contributed by atoms with Gasteiger partial charge in [0.1, 0.15) is 8.07 Å². The van der Waals surface area contributed by atoms with Gasteiger partial charge in [0.2, 0.25) is 0 Å². The first kappa shape index (κ1) is 40.3. The summed E-state index contributed by atoms with van der Waals surface area (Å²) >= 11 is 0. The second kappa shape index (κ2) is 15.8. The molecule has 3 aliphatic rings. The maximum Gasteiger partial charge on any atom is 0.117 e. The molecule has 0 N–H and O–H groups in total. The highest BCUT2D eigenvalue weighted by Crippen LogP contribution is 2.53. The highest BCUT2D eigenvalue weighted by molar-refractivity contribution is 7.02. The lowest BCUT2D eigenvalue weighted by Crippen LogP contribution is -2.58. The molecule has 12 rings (SSSR count). The SMILES string of the molecule is CC1(C)c2ccccc2N(c2ccc(C=Cc3ccc4c(c3)CCc3ccccc3CCc3cc(N5c6ccccc6[Si](C)(C)c6ccccc65)ccc3-4)c3ccccc23)c2ccccc21. The van der Waals surface area contributed by atoms with Crippen molar-refractivity contribution in [2.45, 2.75) is 58.0 Å². The van der Waals surface area contributed by atoms with Gasteiger partial charge in [0.15, 0.2) is 0 Å². The minimum Gasteiger partial charge on any atom is -0.311 e. The van der Waals surface area contributed by atoms with Gasteiger partial charge in [0.05, 0.1) is 17.1 Å². The molecule has 0 saturated heterocycles. The molecule has 0 aromatic heterocycles. The predicted molar refractivity (Wildman–Crippen MR) is 284 cm³/mol. The lowest BCUT2D eigenvalue weighted by molar-refractivity contribution is 0.632. The van der Waals surface area contributed by atoms with Crippen molar-refractivity contribution in [3.63, 3.8) is 0 Å². The maximum absolute atomic E-state index is 2.53. The second-order valence-corrected chi connectivity index (χ2v) is 23.9. The average Bonchev–Trinajstić information content (AvgIpc) is 3.35. The van der Waals surface area contributed by atoms with Crippen molar-refractivity contribution in [1.82, 2.24) is 0 Å². The van der Waals surface area contributed by atoms with Crippen LogP contribution in [-0.2, 0) is 31.1 Å². The third kappa shape index (κ3) is 6.51. The lowest BCUT2D eigenvalue weighted by atomic mass is 9.73. The standard InChI is InChI=1S/C63H54N2Si/c1-63(2)54-21-9-11-23-57(54)65(58-24-12-10-22-55(58)63)56-40-36-46(50-19-7-8-20-53(50)56)31-29-43-30-38-51-47(41-43)34-32-44-17-5-6-18-45(44)33-35-48-42-49(37-39-52(48)51)64-59-25-13-15-27-61(59)66(3,4)62-28-16-14-26-60(62)64/h5-31,36-42H,32-35H2,1-4H3. The van der Waals surface area contributed by atoms with E-state index in [9.17, 15) is 0 Å². The molecule has 0 bridgehead atoms. The fraction of sp³-hybridized carbons (Fsp3) is 0.143. The van der Waals surface area contributed by atoms with E-state index in [1.54, 1.807) is 0 Å². The molecule has 2 heterocycles. The van der Waals surface area contributed by atoms with Gasteiger partial charge in [0, 0.05) is 27.9 Å². The van der Waals surface area contributed by atoms with Crippen LogP contribution in [0.4, 0.5) is 34.1 Å². The molecular formula is C63H54N2Si. The van der Waals surface area contributed by atoms with Gasteiger partial charge in [-0.3, -0.25) is 0 Å². The number of fused-ring (bicyclic) bond motifs is 9. The quantitative estimate of drug-likeness (QED) is 0.128. The smallest absolute Gasteiger partial charge is 0.117 e. The van der Waals surface area contributed by atoms with Crippen molar-refractivity contribution in [2.24, 2.45) is 0 Å². The Morgan fingerprint density at radius 1 is 0.409 bits per heavy atom. The Morgan fingerprint density at radius 2 is 0.909 bits per heavy atom. The molecule has 0 amide bonds. The third-order valence-electron chi connectivity index (χ3n) is 15.1. The Bertz CT molecular complexity index is 3310. The first-order valence-electron chi connectivity index (χ1n) is 23.8. The van der Waals surface area contributed by atoms with E-state index in [0.29, 0.717) is 0 Å². The van der Waals surface area contributed by atoms with Crippen LogP contribution < -0.4 is 20.2 Å². The predicted octanol–water partition coefficient (Wildman–Crippen LogP) is 15.3. The number of anilines is 6. The molecule has 2 aliphatic heterocycles. The third-order valence-corrected chi connectivity index (χ3v) is 18.7. The summed E-state index contributed by atoms with van der Waals surface area (Å²) in [5.74, 6) is 0. The zero-order valence-electron chi connectivity index (χ0n) is 38.4. The molecule has 0 radical (unpaired) electrons. The van der Waals surface area contributed by atoms with Crippen molar-refractivity contribution in [2.75, 3.05) is 9.80 Å². The van der Waals surface area contributed by atoms with E-state index in [1.807, 2.05) is 0 Å². The summed E-state index contributed by atoms with van der Waals surface area (Å²) in [6, 6.07) is 73.3. The molecule has 0 atom stereocenters. The lowest BCUT2D eigenvalue weighted by Gasteiger charge is -2.42. The number of rotatable bonds is 4. The van der Waals surface area contributed by atoms with E-state index in [4.69, 9.17) is 0 Å². The van der Waals surface area contributed by atoms with Crippen LogP contribution in [0.1, 0.15) is 58.4 Å². The molecule has 0 spiro atoms. The Kier molecular flexibility index (Phi) is 9.62. The van der Waals surface area contributed by atoms with Crippen molar-refractivity contribution in [3.8, 4) is 11.1 Å². The van der Waals surface area contributed by atoms with Gasteiger partial charge in [0.25, 0.3) is 0 Å². The molecule has 2 nitrogen and oxygen atoms in total. The first-order valence-corrected chi connectivity index (χ1v) is 26.8. The monoisotopic (exact) mass is 866 g/mol. The minimum atomic E-state index is -1.88. The largest absolute Gasteiger partial charge is 0.311 e. The van der Waals surface area contributed by atoms with E-state index in [1.165, 1.54) is 111 Å². The van der Waals surface area contributed by atoms with E-state index in [0.717, 1.165) is 25.7 Å². The molecule has 1 aliphatic carbocycles. The van der Waals surface area contributed by atoms with Crippen LogP contribution in [-0.4, -0.2) is 8.07 Å². The fourth-order valence-electron chi connectivity index (χ4n) is 11.7. The highest BCUT2D eigenvalue weighted by Gasteiger charge is 2.39. The zero-order valence-corrected chi connectivity index (χ0v) is 39.4. The van der Waals surface area contributed by atoms with Crippen LogP contribution in [0.2, 0.25) is 13.1 Å². The fourth-order valence-corrected chi connectivity index (χ4v) is 14.7. The molecular weight excluding hydrogens is 813 g/mol. The van der Waals surface area contributed by atoms with Crippen LogP contribution in [0.3, 0.4) is 0 Å². The van der Waals surface area contributed by atoms with Crippen LogP contribution >= 0.6 is 0 Å². The Labute approximate surface area is 391 Å². The number of para-hydroxylation sites is 4. The zero-order chi connectivity index (χ0) is 44.6. The normalized spacial score (nSPS) is 15.5. The van der Waals surface area contributed by atoms with E-state index < -0.39 is 8.07 Å². The molecule has 9 aromatic carbocycles. The van der Waals surface area contributed by atoms with Gasteiger partial charge in [-0.25, -0.2) is 0 Å². The van der Waals surface area contributed by atoms with Gasteiger partial charge in [-0.15, -0.1) is 0 Å². The van der Waals surface area contributed by atoms with Gasteiger partial charge >= 0.3 is 0 Å². The number of aryl methyl sites for hydroxylation is 4. The van der Waals surface area contributed by atoms with Gasteiger partial charge in [-0.1, -0.05) is 191 Å². The number of hydrogen-bond donors (Lipinski definition) is 0. The summed E-state index contributed by atoms with van der Waals surface area (Å²) in [6.07, 6.45) is 8.66. The highest BCUT2D eigenvalue weighted by atomic mass is 28.3. The summed E-state index contributed by atoms with van der Waals surface area (Å²) < 4.78 is 0. The van der Waals surface area contributed by atoms with Crippen LogP contribution in [0.25, 0.3) is 34.1 Å². The molecule has 0 fully saturated rings. The average molecular weight is 867 g/mol. The van der Waals surface area contributed by atoms with Gasteiger partial charge < -0.3 is 9.80 Å². The van der Waals surface area contributed by atoms with Crippen molar-refractivity contribution < 1.29 is 0 Å². The molecule has 3 heteroatoms. The molecule has 0 saturated carbocycles. The maximum atomic E-state index is 2.53. The van der Waals surface area contributed by atoms with Crippen molar-refractivity contribution in [1.29, 1.82) is 0 Å². The Balaban J connectivity index is 0.938. The molecule has 0 unspecified atom stereocenters. The van der Waals surface area contributed by atoms with Gasteiger partial charge in [-0.05, 0) is 140 Å². The summed E-state index contributed by atoms with van der Waals surface area (Å²) in [4.78, 5) is 5.02. The molecule has 320 valence electrons. The summed E-state index contributed by atoms with van der Waals surface area (Å²) in [7, 11) is -1.88. The Morgan fingerprint density at radius 3 is 1.55 bits per heavy atom. The van der Waals surface area contributed by atoms with E-state index in [-0.39, 0.29) is 5.41 Å². The second-order valence-electron chi connectivity index (χ2n) is 19.6. The van der Waals surface area contributed by atoms with E-state index in [2.05, 4.69) is 243 Å². The summed E-state index contributed by atoms with van der Waals surface area (Å²) in [5.41, 5.74) is 21.0. The van der Waals surface area contributed by atoms with Crippen molar-refractivity contribution >= 4 is 75.5 Å². The topological polar surface area (TPSA) is 6.48 Å². The summed E-state index contributed by atoms with van der Waals surface area (Å²) in [5, 5.41) is 5.48. The van der Waals surface area contributed by atoms with Crippen LogP contribution in [0.15, 0.2) is 194 Å². The summed E-state index contributed by atoms with van der Waals surface area (Å²) in [6.45, 7) is 9.70. The number of benzene rings is 9. The first-order chi connectivity index (χ1) is 32.3. The molecule has 66 heavy (non-hydrogen) atoms. The van der Waals surface area contributed by atoms with Crippen LogP contribution in [0.5, 0.6) is 0 Å². The Hall–Kier alpha value is -7.20. The van der Waals surface area contributed by atoms with Gasteiger partial charge in [-0.2, -0.15) is 0 Å². The number of hydrogen-bond acceptors (Lipinski definition) is 2. The molecule has 9 aromatic rings. The van der Waals surface area contributed by atoms with Crippen molar-refractivity contribution in [3.05, 3.63) is 239 Å². The minimum absolute atomic E-state index is 0.103. The number of nitrogens with zero attached hydrogens (tertiary/aromatic N) is 2. The van der Waals surface area contributed by atoms with E-state index >= 15 is 0 Å². The van der Waals surface area contributed by atoms with Crippen LogP contribution in [0, 0.1) is 0 Å².